The van der Waals surface area contributed by atoms with Crippen LogP contribution in [0.15, 0.2) is 48.5 Å². The number of rotatable bonds is 6. The van der Waals surface area contributed by atoms with Gasteiger partial charge in [-0.3, -0.25) is 4.79 Å². The van der Waals surface area contributed by atoms with Crippen molar-refractivity contribution in [1.82, 2.24) is 5.32 Å². The van der Waals surface area contributed by atoms with E-state index in [2.05, 4.69) is 15.5 Å². The maximum Gasteiger partial charge on any atom is 0.312 e. The second-order valence-corrected chi connectivity index (χ2v) is 7.31. The lowest BCUT2D eigenvalue weighted by atomic mass is 10.0. The summed E-state index contributed by atoms with van der Waals surface area (Å²) < 4.78 is 0. The number of piperidine rings is 1. The van der Waals surface area contributed by atoms with Gasteiger partial charge in [-0.15, -0.1) is 0 Å². The summed E-state index contributed by atoms with van der Waals surface area (Å²) in [5.41, 5.74) is 7.75. The van der Waals surface area contributed by atoms with Crippen LogP contribution in [0.1, 0.15) is 37.3 Å². The molecule has 1 saturated heterocycles. The first kappa shape index (κ1) is 20.0. The predicted octanol–water partition coefficient (Wildman–Crippen LogP) is 4.07. The fraction of sp³-hybridized carbons (Fsp3) is 0.333. The van der Waals surface area contributed by atoms with Crippen LogP contribution >= 0.6 is 11.6 Å². The molecule has 0 saturated carbocycles. The van der Waals surface area contributed by atoms with Gasteiger partial charge >= 0.3 is 6.03 Å². The number of nitrogens with one attached hydrogen (secondary N) is 2. The Kier molecular flexibility index (Phi) is 6.76. The third kappa shape index (κ3) is 5.16. The van der Waals surface area contributed by atoms with Crippen molar-refractivity contribution >= 4 is 34.9 Å². The number of urea groups is 1. The second-order valence-electron chi connectivity index (χ2n) is 6.90. The Bertz CT molecular complexity index is 837. The monoisotopic (exact) mass is 400 g/mol. The molecule has 1 heterocycles. The van der Waals surface area contributed by atoms with Crippen LogP contribution in [0.2, 0.25) is 5.02 Å². The van der Waals surface area contributed by atoms with Crippen LogP contribution in [0, 0.1) is 0 Å². The minimum absolute atomic E-state index is 0.0288. The van der Waals surface area contributed by atoms with Crippen molar-refractivity contribution in [3.8, 4) is 0 Å². The van der Waals surface area contributed by atoms with Gasteiger partial charge in [0, 0.05) is 18.1 Å². The number of nitrogens with zero attached hydrogens (tertiary/aromatic N) is 1. The normalized spacial score (nSPS) is 15.0. The first-order valence-corrected chi connectivity index (χ1v) is 9.86. The molecule has 0 spiro atoms. The Morgan fingerprint density at radius 3 is 2.43 bits per heavy atom. The molecule has 3 rings (SSSR count). The Morgan fingerprint density at radius 2 is 1.71 bits per heavy atom. The summed E-state index contributed by atoms with van der Waals surface area (Å²) in [5.74, 6) is -0.219. The van der Waals surface area contributed by atoms with Crippen LogP contribution in [0.3, 0.4) is 0 Å². The van der Waals surface area contributed by atoms with Gasteiger partial charge in [0.05, 0.1) is 23.8 Å². The molecule has 2 aromatic carbocycles. The summed E-state index contributed by atoms with van der Waals surface area (Å²) in [6.45, 7) is 1.97. The molecule has 148 valence electrons. The lowest BCUT2D eigenvalue weighted by Crippen LogP contribution is -2.35. The number of amides is 3. The number of halogens is 1. The van der Waals surface area contributed by atoms with E-state index in [1.165, 1.54) is 6.42 Å². The summed E-state index contributed by atoms with van der Waals surface area (Å²) in [6, 6.07) is 13.6. The topological polar surface area (TPSA) is 87.5 Å². The average Bonchev–Trinajstić information content (AvgIpc) is 2.68. The van der Waals surface area contributed by atoms with E-state index in [-0.39, 0.29) is 12.3 Å². The molecule has 2 aromatic rings. The zero-order valence-electron chi connectivity index (χ0n) is 15.7. The van der Waals surface area contributed by atoms with Gasteiger partial charge < -0.3 is 21.3 Å². The number of hydrogen-bond acceptors (Lipinski definition) is 3. The van der Waals surface area contributed by atoms with E-state index in [0.717, 1.165) is 37.3 Å². The molecule has 1 aliphatic rings. The maximum atomic E-state index is 12.8. The Hall–Kier alpha value is -2.73. The standard InChI is InChI=1S/C21H25ClN4O2/c22-16-9-3-2-8-15(16)18(25-21(23)28)14-20(27)24-17-10-4-5-11-19(17)26-12-6-1-7-13-26/h2-5,8-11,18H,1,6-7,12-14H2,(H,24,27)(H3,23,25,28)/t18-/m0/s1. The van der Waals surface area contributed by atoms with Gasteiger partial charge in [0.2, 0.25) is 5.91 Å². The van der Waals surface area contributed by atoms with E-state index in [1.807, 2.05) is 24.3 Å². The number of para-hydroxylation sites is 2. The van der Waals surface area contributed by atoms with E-state index in [1.54, 1.807) is 24.3 Å². The van der Waals surface area contributed by atoms with Gasteiger partial charge in [-0.25, -0.2) is 4.79 Å². The lowest BCUT2D eigenvalue weighted by molar-refractivity contribution is -0.116. The highest BCUT2D eigenvalue weighted by Gasteiger charge is 2.21. The summed E-state index contributed by atoms with van der Waals surface area (Å²) in [5, 5.41) is 6.07. The number of carbonyl (C=O) groups is 2. The fourth-order valence-electron chi connectivity index (χ4n) is 3.54. The molecule has 0 aromatic heterocycles. The van der Waals surface area contributed by atoms with Gasteiger partial charge in [0.1, 0.15) is 0 Å². The zero-order valence-corrected chi connectivity index (χ0v) is 16.4. The summed E-state index contributed by atoms with van der Waals surface area (Å²) in [6.07, 6.45) is 3.57. The lowest BCUT2D eigenvalue weighted by Gasteiger charge is -2.30. The molecule has 1 aliphatic heterocycles. The number of carbonyl (C=O) groups excluding carboxylic acids is 2. The highest BCUT2D eigenvalue weighted by atomic mass is 35.5. The molecular weight excluding hydrogens is 376 g/mol. The third-order valence-electron chi connectivity index (χ3n) is 4.86. The molecule has 3 amide bonds. The number of primary amides is 1. The van der Waals surface area contributed by atoms with E-state index in [0.29, 0.717) is 10.6 Å². The Labute approximate surface area is 170 Å². The van der Waals surface area contributed by atoms with Crippen molar-refractivity contribution in [3.63, 3.8) is 0 Å². The molecule has 1 fully saturated rings. The smallest absolute Gasteiger partial charge is 0.312 e. The van der Waals surface area contributed by atoms with Gasteiger partial charge in [-0.2, -0.15) is 0 Å². The van der Waals surface area contributed by atoms with E-state index >= 15 is 0 Å². The van der Waals surface area contributed by atoms with E-state index in [4.69, 9.17) is 17.3 Å². The first-order valence-electron chi connectivity index (χ1n) is 9.49. The minimum atomic E-state index is -0.702. The molecule has 4 N–H and O–H groups in total. The van der Waals surface area contributed by atoms with E-state index in [9.17, 15) is 9.59 Å². The maximum absolute atomic E-state index is 12.8. The third-order valence-corrected chi connectivity index (χ3v) is 5.21. The van der Waals surface area contributed by atoms with Crippen molar-refractivity contribution in [2.75, 3.05) is 23.3 Å². The molecule has 6 nitrogen and oxygen atoms in total. The van der Waals surface area contributed by atoms with Crippen molar-refractivity contribution in [3.05, 3.63) is 59.1 Å². The highest BCUT2D eigenvalue weighted by Crippen LogP contribution is 2.30. The van der Waals surface area contributed by atoms with Gasteiger partial charge in [-0.1, -0.05) is 41.9 Å². The molecule has 0 unspecified atom stereocenters. The van der Waals surface area contributed by atoms with Crippen LogP contribution in [0.25, 0.3) is 0 Å². The van der Waals surface area contributed by atoms with E-state index < -0.39 is 12.1 Å². The van der Waals surface area contributed by atoms with Crippen LogP contribution in [-0.2, 0) is 4.79 Å². The second kappa shape index (κ2) is 9.46. The zero-order chi connectivity index (χ0) is 19.9. The SMILES string of the molecule is NC(=O)N[C@@H](CC(=O)Nc1ccccc1N1CCCCC1)c1ccccc1Cl. The van der Waals surface area contributed by atoms with Crippen molar-refractivity contribution < 1.29 is 9.59 Å². The molecule has 1 atom stereocenters. The highest BCUT2D eigenvalue weighted by molar-refractivity contribution is 6.31. The summed E-state index contributed by atoms with van der Waals surface area (Å²) in [4.78, 5) is 26.5. The van der Waals surface area contributed by atoms with Crippen LogP contribution in [0.4, 0.5) is 16.2 Å². The van der Waals surface area contributed by atoms with Gasteiger partial charge in [-0.05, 0) is 43.0 Å². The summed E-state index contributed by atoms with van der Waals surface area (Å²) >= 11 is 6.24. The summed E-state index contributed by atoms with van der Waals surface area (Å²) in [7, 11) is 0. The fourth-order valence-corrected chi connectivity index (χ4v) is 3.81. The molecule has 0 aliphatic carbocycles. The molecular formula is C21H25ClN4O2. The van der Waals surface area contributed by atoms with Crippen molar-refractivity contribution in [1.29, 1.82) is 0 Å². The number of nitrogens with two attached hydrogens (primary N) is 1. The molecule has 7 heteroatoms. The predicted molar refractivity (Wildman–Crippen MR) is 113 cm³/mol. The Balaban J connectivity index is 1.75. The van der Waals surface area contributed by atoms with Crippen LogP contribution in [-0.4, -0.2) is 25.0 Å². The molecule has 0 radical (unpaired) electrons. The quantitative estimate of drug-likeness (QED) is 0.683. The number of anilines is 2. The largest absolute Gasteiger partial charge is 0.370 e. The molecule has 0 bridgehead atoms. The van der Waals surface area contributed by atoms with Gasteiger partial charge in [0.15, 0.2) is 0 Å². The number of hydrogen-bond donors (Lipinski definition) is 3. The van der Waals surface area contributed by atoms with Crippen LogP contribution in [0.5, 0.6) is 0 Å². The Morgan fingerprint density at radius 1 is 1.04 bits per heavy atom. The number of benzene rings is 2. The van der Waals surface area contributed by atoms with Crippen molar-refractivity contribution in [2.45, 2.75) is 31.7 Å². The average molecular weight is 401 g/mol. The van der Waals surface area contributed by atoms with Gasteiger partial charge in [0.25, 0.3) is 0 Å². The first-order chi connectivity index (χ1) is 13.5. The molecule has 28 heavy (non-hydrogen) atoms. The van der Waals surface area contributed by atoms with Crippen molar-refractivity contribution in [2.24, 2.45) is 5.73 Å². The minimum Gasteiger partial charge on any atom is -0.370 e. The van der Waals surface area contributed by atoms with Crippen LogP contribution < -0.4 is 21.3 Å².